The van der Waals surface area contributed by atoms with Crippen molar-refractivity contribution in [2.45, 2.75) is 32.6 Å². The standard InChI is InChI=1S/C13H24N6/c1-10(2)13-16-11(9-12(17-13)18-14)15-5-8-19-6-3-4-7-19/h9-10H,3-8,14H2,1-2H3,(H2,15,16,17,18). The van der Waals surface area contributed by atoms with E-state index in [-0.39, 0.29) is 5.92 Å². The zero-order valence-corrected chi connectivity index (χ0v) is 11.8. The third-order valence-corrected chi connectivity index (χ3v) is 3.34. The number of likely N-dealkylation sites (tertiary alicyclic amines) is 1. The van der Waals surface area contributed by atoms with E-state index in [0.29, 0.717) is 5.82 Å². The summed E-state index contributed by atoms with van der Waals surface area (Å²) in [6, 6.07) is 1.84. The van der Waals surface area contributed by atoms with Gasteiger partial charge in [-0.05, 0) is 25.9 Å². The van der Waals surface area contributed by atoms with E-state index in [1.165, 1.54) is 25.9 Å². The smallest absolute Gasteiger partial charge is 0.145 e. The van der Waals surface area contributed by atoms with Crippen LogP contribution in [0.25, 0.3) is 0 Å². The van der Waals surface area contributed by atoms with Crippen LogP contribution in [0, 0.1) is 0 Å². The molecular formula is C13H24N6. The first-order chi connectivity index (χ1) is 9.19. The highest BCUT2D eigenvalue weighted by Gasteiger charge is 2.11. The van der Waals surface area contributed by atoms with Crippen LogP contribution in [0.5, 0.6) is 0 Å². The minimum atomic E-state index is 0.285. The van der Waals surface area contributed by atoms with Crippen molar-refractivity contribution in [3.05, 3.63) is 11.9 Å². The van der Waals surface area contributed by atoms with Gasteiger partial charge in [0.2, 0.25) is 0 Å². The van der Waals surface area contributed by atoms with E-state index in [0.717, 1.165) is 24.7 Å². The van der Waals surface area contributed by atoms with E-state index in [1.54, 1.807) is 0 Å². The molecular weight excluding hydrogens is 240 g/mol. The third-order valence-electron chi connectivity index (χ3n) is 3.34. The molecule has 1 aromatic heterocycles. The molecule has 0 aliphatic carbocycles. The Bertz CT molecular complexity index is 400. The lowest BCUT2D eigenvalue weighted by atomic mass is 10.2. The highest BCUT2D eigenvalue weighted by Crippen LogP contribution is 2.16. The van der Waals surface area contributed by atoms with Gasteiger partial charge in [-0.1, -0.05) is 13.8 Å². The normalized spacial score (nSPS) is 16.0. The molecule has 106 valence electrons. The van der Waals surface area contributed by atoms with Crippen LogP contribution in [-0.2, 0) is 0 Å². The summed E-state index contributed by atoms with van der Waals surface area (Å²) in [7, 11) is 0. The molecule has 0 amide bonds. The molecule has 0 atom stereocenters. The fraction of sp³-hybridized carbons (Fsp3) is 0.692. The van der Waals surface area contributed by atoms with Crippen molar-refractivity contribution in [1.82, 2.24) is 14.9 Å². The van der Waals surface area contributed by atoms with E-state index in [9.17, 15) is 0 Å². The lowest BCUT2D eigenvalue weighted by molar-refractivity contribution is 0.352. The molecule has 0 bridgehead atoms. The van der Waals surface area contributed by atoms with Crippen molar-refractivity contribution in [2.75, 3.05) is 36.9 Å². The SMILES string of the molecule is CC(C)c1nc(NN)cc(NCCN2CCCC2)n1. The summed E-state index contributed by atoms with van der Waals surface area (Å²) in [5.41, 5.74) is 2.59. The topological polar surface area (TPSA) is 79.1 Å². The number of nitrogens with two attached hydrogens (primary N) is 1. The first-order valence-electron chi connectivity index (χ1n) is 7.01. The number of aromatic nitrogens is 2. The Morgan fingerprint density at radius 3 is 2.58 bits per heavy atom. The van der Waals surface area contributed by atoms with E-state index >= 15 is 0 Å². The van der Waals surface area contributed by atoms with Crippen molar-refractivity contribution in [3.63, 3.8) is 0 Å². The van der Waals surface area contributed by atoms with Gasteiger partial charge >= 0.3 is 0 Å². The fourth-order valence-corrected chi connectivity index (χ4v) is 2.24. The molecule has 0 aromatic carbocycles. The second kappa shape index (κ2) is 6.68. The highest BCUT2D eigenvalue weighted by molar-refractivity contribution is 5.47. The fourth-order valence-electron chi connectivity index (χ4n) is 2.24. The average Bonchev–Trinajstić information content (AvgIpc) is 2.91. The molecule has 1 aromatic rings. The van der Waals surface area contributed by atoms with Crippen LogP contribution in [0.4, 0.5) is 11.6 Å². The summed E-state index contributed by atoms with van der Waals surface area (Å²) in [5, 5.41) is 3.35. The molecule has 0 unspecified atom stereocenters. The van der Waals surface area contributed by atoms with Crippen molar-refractivity contribution < 1.29 is 0 Å². The number of nitrogen functional groups attached to an aromatic ring is 1. The Morgan fingerprint density at radius 2 is 1.95 bits per heavy atom. The number of hydrazine groups is 1. The maximum Gasteiger partial charge on any atom is 0.145 e. The van der Waals surface area contributed by atoms with Crippen LogP contribution in [0.1, 0.15) is 38.4 Å². The molecule has 2 heterocycles. The summed E-state index contributed by atoms with van der Waals surface area (Å²) < 4.78 is 0. The van der Waals surface area contributed by atoms with E-state index in [2.05, 4.69) is 39.5 Å². The Labute approximate surface area is 114 Å². The number of rotatable bonds is 6. The van der Waals surface area contributed by atoms with Gasteiger partial charge in [0.1, 0.15) is 17.5 Å². The van der Waals surface area contributed by atoms with Crippen molar-refractivity contribution in [3.8, 4) is 0 Å². The monoisotopic (exact) mass is 264 g/mol. The van der Waals surface area contributed by atoms with Gasteiger partial charge in [0.25, 0.3) is 0 Å². The van der Waals surface area contributed by atoms with Gasteiger partial charge in [0.05, 0.1) is 0 Å². The quantitative estimate of drug-likeness (QED) is 0.532. The molecule has 6 heteroatoms. The minimum Gasteiger partial charge on any atom is -0.369 e. The first-order valence-corrected chi connectivity index (χ1v) is 7.01. The van der Waals surface area contributed by atoms with Gasteiger partial charge in [0.15, 0.2) is 0 Å². The summed E-state index contributed by atoms with van der Waals surface area (Å²) in [6.07, 6.45) is 2.65. The summed E-state index contributed by atoms with van der Waals surface area (Å²) in [5.74, 6) is 8.02. The predicted octanol–water partition coefficient (Wildman–Crippen LogP) is 1.39. The lowest BCUT2D eigenvalue weighted by Crippen LogP contribution is -2.26. The second-order valence-electron chi connectivity index (χ2n) is 5.27. The van der Waals surface area contributed by atoms with Crippen LogP contribution in [0.2, 0.25) is 0 Å². The molecule has 19 heavy (non-hydrogen) atoms. The maximum absolute atomic E-state index is 5.44. The highest BCUT2D eigenvalue weighted by atomic mass is 15.3. The molecule has 0 spiro atoms. The third kappa shape index (κ3) is 4.04. The first kappa shape index (κ1) is 14.0. The molecule has 2 rings (SSSR count). The second-order valence-corrected chi connectivity index (χ2v) is 5.27. The van der Waals surface area contributed by atoms with Crippen LogP contribution in [0.15, 0.2) is 6.07 Å². The molecule has 1 aliphatic rings. The van der Waals surface area contributed by atoms with Crippen LogP contribution in [0.3, 0.4) is 0 Å². The van der Waals surface area contributed by atoms with E-state index in [4.69, 9.17) is 5.84 Å². The Morgan fingerprint density at radius 1 is 1.26 bits per heavy atom. The van der Waals surface area contributed by atoms with Gasteiger partial charge in [-0.15, -0.1) is 0 Å². The Balaban J connectivity index is 1.92. The molecule has 1 aliphatic heterocycles. The van der Waals surface area contributed by atoms with Crippen LogP contribution < -0.4 is 16.6 Å². The van der Waals surface area contributed by atoms with E-state index < -0.39 is 0 Å². The summed E-state index contributed by atoms with van der Waals surface area (Å²) >= 11 is 0. The molecule has 1 fully saturated rings. The minimum absolute atomic E-state index is 0.285. The van der Waals surface area contributed by atoms with Gasteiger partial charge in [-0.3, -0.25) is 0 Å². The van der Waals surface area contributed by atoms with Gasteiger partial charge < -0.3 is 15.6 Å². The van der Waals surface area contributed by atoms with Crippen molar-refractivity contribution >= 4 is 11.6 Å². The Kier molecular flexibility index (Phi) is 4.93. The number of hydrogen-bond acceptors (Lipinski definition) is 6. The Hall–Kier alpha value is -1.40. The van der Waals surface area contributed by atoms with Gasteiger partial charge in [-0.25, -0.2) is 15.8 Å². The van der Waals surface area contributed by atoms with Gasteiger partial charge in [-0.2, -0.15) is 0 Å². The lowest BCUT2D eigenvalue weighted by Gasteiger charge is -2.16. The van der Waals surface area contributed by atoms with Crippen molar-refractivity contribution in [2.24, 2.45) is 5.84 Å². The van der Waals surface area contributed by atoms with Gasteiger partial charge in [0, 0.05) is 25.1 Å². The van der Waals surface area contributed by atoms with Crippen molar-refractivity contribution in [1.29, 1.82) is 0 Å². The summed E-state index contributed by atoms with van der Waals surface area (Å²) in [4.78, 5) is 11.3. The predicted molar refractivity (Wildman–Crippen MR) is 78.1 cm³/mol. The molecule has 1 saturated heterocycles. The average molecular weight is 264 g/mol. The molecule has 4 N–H and O–H groups in total. The maximum atomic E-state index is 5.44. The van der Waals surface area contributed by atoms with E-state index in [1.807, 2.05) is 6.07 Å². The van der Waals surface area contributed by atoms with Crippen LogP contribution >= 0.6 is 0 Å². The summed E-state index contributed by atoms with van der Waals surface area (Å²) in [6.45, 7) is 8.55. The largest absolute Gasteiger partial charge is 0.369 e. The molecule has 0 saturated carbocycles. The molecule has 0 radical (unpaired) electrons. The number of anilines is 2. The zero-order valence-electron chi connectivity index (χ0n) is 11.8. The van der Waals surface area contributed by atoms with Crippen LogP contribution in [-0.4, -0.2) is 41.0 Å². The number of nitrogens with zero attached hydrogens (tertiary/aromatic N) is 3. The number of nitrogens with one attached hydrogen (secondary N) is 2. The zero-order chi connectivity index (χ0) is 13.7. The number of hydrogen-bond donors (Lipinski definition) is 3. The molecule has 6 nitrogen and oxygen atoms in total.